The van der Waals surface area contributed by atoms with Crippen LogP contribution in [0.2, 0.25) is 0 Å². The molecule has 3 aromatic heterocycles. The molecule has 4 aromatic rings. The topological polar surface area (TPSA) is 48.5 Å². The first-order valence-electron chi connectivity index (χ1n) is 8.63. The number of pyridine rings is 1. The Balaban J connectivity index is 1.64. The minimum atomic E-state index is 0.707. The van der Waals surface area contributed by atoms with Gasteiger partial charge in [0.1, 0.15) is 0 Å². The summed E-state index contributed by atoms with van der Waals surface area (Å²) in [4.78, 5) is 8.62. The van der Waals surface area contributed by atoms with E-state index in [0.717, 1.165) is 28.3 Å². The first kappa shape index (κ1) is 16.3. The lowest BCUT2D eigenvalue weighted by Gasteiger charge is -2.07. The number of hydrogen-bond acceptors (Lipinski definition) is 3. The lowest BCUT2D eigenvalue weighted by atomic mass is 10.0. The molecule has 0 fully saturated rings. The van der Waals surface area contributed by atoms with Crippen molar-refractivity contribution in [1.82, 2.24) is 24.3 Å². The van der Waals surface area contributed by atoms with Crippen molar-refractivity contribution in [2.45, 2.75) is 20.4 Å². The Morgan fingerprint density at radius 3 is 2.42 bits per heavy atom. The highest BCUT2D eigenvalue weighted by atomic mass is 15.3. The smallest absolute Gasteiger partial charge is 0.0946 e. The average Bonchev–Trinajstić information content (AvgIpc) is 3.24. The van der Waals surface area contributed by atoms with Crippen LogP contribution < -0.4 is 0 Å². The number of nitrogens with zero attached hydrogens (tertiary/aromatic N) is 5. The molecule has 0 aliphatic rings. The predicted octanol–water partition coefficient (Wildman–Crippen LogP) is 4.01. The van der Waals surface area contributed by atoms with Gasteiger partial charge in [-0.25, -0.2) is 4.98 Å². The molecule has 0 aliphatic carbocycles. The largest absolute Gasteiger partial charge is 0.336 e. The van der Waals surface area contributed by atoms with E-state index in [4.69, 9.17) is 5.10 Å². The normalized spacial score (nSPS) is 11.0. The van der Waals surface area contributed by atoms with Crippen molar-refractivity contribution in [1.29, 1.82) is 0 Å². The third-order valence-corrected chi connectivity index (χ3v) is 4.45. The van der Waals surface area contributed by atoms with Crippen LogP contribution in [0.15, 0.2) is 61.2 Å². The third kappa shape index (κ3) is 3.28. The summed E-state index contributed by atoms with van der Waals surface area (Å²) in [5.74, 6) is 0. The van der Waals surface area contributed by atoms with Gasteiger partial charge < -0.3 is 4.57 Å². The quantitative estimate of drug-likeness (QED) is 0.562. The zero-order valence-corrected chi connectivity index (χ0v) is 15.2. The molecule has 4 rings (SSSR count). The summed E-state index contributed by atoms with van der Waals surface area (Å²) in [6, 6.07) is 14.8. The molecular formula is C21H21N5. The summed E-state index contributed by atoms with van der Waals surface area (Å²) in [5, 5.41) is 4.73. The molecular weight excluding hydrogens is 322 g/mol. The molecule has 0 amide bonds. The van der Waals surface area contributed by atoms with Crippen LogP contribution in [0.25, 0.3) is 22.4 Å². The zero-order valence-electron chi connectivity index (χ0n) is 15.2. The molecule has 0 aliphatic heterocycles. The minimum absolute atomic E-state index is 0.707. The van der Waals surface area contributed by atoms with Crippen LogP contribution in [0.1, 0.15) is 17.1 Å². The molecule has 0 bridgehead atoms. The van der Waals surface area contributed by atoms with Gasteiger partial charge in [-0.05, 0) is 49.2 Å². The minimum Gasteiger partial charge on any atom is -0.336 e. The Morgan fingerprint density at radius 2 is 1.69 bits per heavy atom. The number of aromatic nitrogens is 5. The number of hydrogen-bond donors (Lipinski definition) is 0. The molecule has 1 aromatic carbocycles. The van der Waals surface area contributed by atoms with Crippen molar-refractivity contribution in [3.8, 4) is 22.4 Å². The summed E-state index contributed by atoms with van der Waals surface area (Å²) >= 11 is 0. The lowest BCUT2D eigenvalue weighted by molar-refractivity contribution is 0.650. The molecule has 26 heavy (non-hydrogen) atoms. The Kier molecular flexibility index (Phi) is 4.13. The van der Waals surface area contributed by atoms with Crippen LogP contribution in [0.4, 0.5) is 0 Å². The molecule has 130 valence electrons. The van der Waals surface area contributed by atoms with Gasteiger partial charge in [-0.3, -0.25) is 9.67 Å². The van der Waals surface area contributed by atoms with Gasteiger partial charge in [0, 0.05) is 30.2 Å². The van der Waals surface area contributed by atoms with Crippen LogP contribution in [-0.2, 0) is 13.6 Å². The number of imidazole rings is 1. The van der Waals surface area contributed by atoms with Crippen LogP contribution >= 0.6 is 0 Å². The van der Waals surface area contributed by atoms with Crippen LogP contribution in [-0.4, -0.2) is 24.3 Å². The van der Waals surface area contributed by atoms with E-state index >= 15 is 0 Å². The monoisotopic (exact) mass is 343 g/mol. The van der Waals surface area contributed by atoms with Crippen molar-refractivity contribution in [2.24, 2.45) is 7.05 Å². The van der Waals surface area contributed by atoms with Gasteiger partial charge in [-0.1, -0.05) is 18.2 Å². The summed E-state index contributed by atoms with van der Waals surface area (Å²) in [6.45, 7) is 4.76. The first-order chi connectivity index (χ1) is 12.6. The maximum Gasteiger partial charge on any atom is 0.0946 e. The van der Waals surface area contributed by atoms with Crippen molar-refractivity contribution < 1.29 is 0 Å². The van der Waals surface area contributed by atoms with Crippen molar-refractivity contribution in [2.75, 3.05) is 0 Å². The van der Waals surface area contributed by atoms with Gasteiger partial charge in [-0.2, -0.15) is 5.10 Å². The molecule has 0 atom stereocenters. The molecule has 5 nitrogen and oxygen atoms in total. The molecule has 0 radical (unpaired) electrons. The molecule has 3 heterocycles. The van der Waals surface area contributed by atoms with Gasteiger partial charge in [-0.15, -0.1) is 0 Å². The average molecular weight is 343 g/mol. The van der Waals surface area contributed by atoms with E-state index in [-0.39, 0.29) is 0 Å². The van der Waals surface area contributed by atoms with Crippen molar-refractivity contribution in [3.05, 3.63) is 78.3 Å². The highest BCUT2D eigenvalue weighted by Crippen LogP contribution is 2.26. The number of aryl methyl sites for hydroxylation is 3. The van der Waals surface area contributed by atoms with Gasteiger partial charge in [0.2, 0.25) is 0 Å². The fourth-order valence-corrected chi connectivity index (χ4v) is 3.17. The second kappa shape index (κ2) is 6.59. The van der Waals surface area contributed by atoms with Crippen molar-refractivity contribution in [3.63, 3.8) is 0 Å². The maximum absolute atomic E-state index is 4.73. The van der Waals surface area contributed by atoms with Gasteiger partial charge in [0.25, 0.3) is 0 Å². The zero-order chi connectivity index (χ0) is 18.1. The summed E-state index contributed by atoms with van der Waals surface area (Å²) in [7, 11) is 1.99. The number of benzene rings is 1. The van der Waals surface area contributed by atoms with E-state index in [9.17, 15) is 0 Å². The van der Waals surface area contributed by atoms with E-state index in [1.165, 1.54) is 11.1 Å². The Morgan fingerprint density at radius 1 is 0.923 bits per heavy atom. The van der Waals surface area contributed by atoms with E-state index in [1.807, 2.05) is 48.9 Å². The maximum atomic E-state index is 4.73. The summed E-state index contributed by atoms with van der Waals surface area (Å²) in [5.41, 5.74) is 7.63. The summed E-state index contributed by atoms with van der Waals surface area (Å²) in [6.07, 6.45) is 5.69. The van der Waals surface area contributed by atoms with E-state index < -0.39 is 0 Å². The standard InChI is InChI=1S/C21H21N5/c1-15-9-19(10-16(2)23-15)17-5-4-6-18(11-17)21-7-8-26(24-21)13-20-12-22-14-25(20)3/h4-12,14H,13H2,1-3H3. The second-order valence-corrected chi connectivity index (χ2v) is 6.61. The first-order valence-corrected chi connectivity index (χ1v) is 8.63. The fraction of sp³-hybridized carbons (Fsp3) is 0.190. The van der Waals surface area contributed by atoms with Crippen LogP contribution in [0.3, 0.4) is 0 Å². The van der Waals surface area contributed by atoms with E-state index in [2.05, 4.69) is 52.4 Å². The fourth-order valence-electron chi connectivity index (χ4n) is 3.17. The molecule has 0 N–H and O–H groups in total. The SMILES string of the molecule is Cc1cc(-c2cccc(-c3ccn(Cc4cncn4C)n3)c2)cc(C)n1. The molecule has 0 saturated carbocycles. The van der Waals surface area contributed by atoms with E-state index in [1.54, 1.807) is 0 Å². The second-order valence-electron chi connectivity index (χ2n) is 6.61. The van der Waals surface area contributed by atoms with Gasteiger partial charge in [0.15, 0.2) is 0 Å². The van der Waals surface area contributed by atoms with Crippen LogP contribution in [0, 0.1) is 13.8 Å². The van der Waals surface area contributed by atoms with Gasteiger partial charge in [0.05, 0.1) is 30.5 Å². The van der Waals surface area contributed by atoms with Crippen LogP contribution in [0.5, 0.6) is 0 Å². The Labute approximate surface area is 153 Å². The van der Waals surface area contributed by atoms with Gasteiger partial charge >= 0.3 is 0 Å². The Hall–Kier alpha value is -3.21. The highest BCUT2D eigenvalue weighted by Gasteiger charge is 2.07. The molecule has 0 spiro atoms. The number of rotatable bonds is 4. The Bertz CT molecular complexity index is 1040. The van der Waals surface area contributed by atoms with Crippen molar-refractivity contribution >= 4 is 0 Å². The predicted molar refractivity (Wildman–Crippen MR) is 103 cm³/mol. The lowest BCUT2D eigenvalue weighted by Crippen LogP contribution is -2.04. The molecule has 0 unspecified atom stereocenters. The van der Waals surface area contributed by atoms with E-state index in [0.29, 0.717) is 6.54 Å². The third-order valence-electron chi connectivity index (χ3n) is 4.45. The highest BCUT2D eigenvalue weighted by molar-refractivity contribution is 5.71. The molecule has 0 saturated heterocycles. The molecule has 5 heteroatoms. The summed E-state index contributed by atoms with van der Waals surface area (Å²) < 4.78 is 3.95.